The van der Waals surface area contributed by atoms with Gasteiger partial charge in [-0.25, -0.2) is 0 Å². The highest BCUT2D eigenvalue weighted by atomic mass is 79.9. The first-order valence-corrected chi connectivity index (χ1v) is 5.33. The molecule has 0 aromatic heterocycles. The van der Waals surface area contributed by atoms with Crippen LogP contribution in [0.25, 0.3) is 0 Å². The number of benzene rings is 1. The summed E-state index contributed by atoms with van der Waals surface area (Å²) in [5.41, 5.74) is 0.349. The Balaban J connectivity index is 3.39. The van der Waals surface area contributed by atoms with Crippen LogP contribution in [0.2, 0.25) is 0 Å². The Hall–Kier alpha value is -0.710. The molecule has 0 aliphatic carbocycles. The molecule has 0 fully saturated rings. The van der Waals surface area contributed by atoms with Gasteiger partial charge in [0.05, 0.1) is 12.7 Å². The topological polar surface area (TPSA) is 9.23 Å². The maximum atomic E-state index is 12.6. The summed E-state index contributed by atoms with van der Waals surface area (Å²) in [4.78, 5) is 0. The van der Waals surface area contributed by atoms with Crippen molar-refractivity contribution in [2.45, 2.75) is 18.4 Å². The van der Waals surface area contributed by atoms with Crippen LogP contribution in [-0.4, -0.2) is 7.11 Å². The van der Waals surface area contributed by atoms with E-state index >= 15 is 0 Å². The van der Waals surface area contributed by atoms with E-state index in [0.717, 1.165) is 6.07 Å². The Morgan fingerprint density at radius 1 is 1.33 bits per heavy atom. The Bertz CT molecular complexity index is 360. The van der Waals surface area contributed by atoms with Gasteiger partial charge in [0.1, 0.15) is 5.75 Å². The predicted molar refractivity (Wildman–Crippen MR) is 55.4 cm³/mol. The second kappa shape index (κ2) is 4.43. The molecule has 1 aromatic rings. The molecule has 1 aromatic carbocycles. The molecule has 0 saturated heterocycles. The van der Waals surface area contributed by atoms with Crippen molar-refractivity contribution in [3.63, 3.8) is 0 Å². The standard InChI is InChI=1S/C10H10BrF3O/c1-6-3-7(5-11)4-8(9(6)15-2)10(12,13)14/h3-4H,5H2,1-2H3. The van der Waals surface area contributed by atoms with E-state index in [2.05, 4.69) is 15.9 Å². The van der Waals surface area contributed by atoms with Crippen molar-refractivity contribution >= 4 is 15.9 Å². The summed E-state index contributed by atoms with van der Waals surface area (Å²) < 4.78 is 42.7. The molecule has 0 bridgehead atoms. The summed E-state index contributed by atoms with van der Waals surface area (Å²) in [6.45, 7) is 1.60. The van der Waals surface area contributed by atoms with Gasteiger partial charge in [-0.3, -0.25) is 0 Å². The molecular formula is C10H10BrF3O. The van der Waals surface area contributed by atoms with E-state index < -0.39 is 11.7 Å². The van der Waals surface area contributed by atoms with E-state index in [9.17, 15) is 13.2 Å². The molecule has 0 aliphatic rings. The fourth-order valence-corrected chi connectivity index (χ4v) is 1.73. The third-order valence-electron chi connectivity index (χ3n) is 2.00. The lowest BCUT2D eigenvalue weighted by atomic mass is 10.1. The quantitative estimate of drug-likeness (QED) is 0.747. The summed E-state index contributed by atoms with van der Waals surface area (Å²) in [5.74, 6) is -0.104. The van der Waals surface area contributed by atoms with Crippen LogP contribution in [0.1, 0.15) is 16.7 Å². The third kappa shape index (κ3) is 2.65. The molecular weight excluding hydrogens is 273 g/mol. The van der Waals surface area contributed by atoms with Gasteiger partial charge in [0.2, 0.25) is 0 Å². The minimum absolute atomic E-state index is 0.104. The van der Waals surface area contributed by atoms with Gasteiger partial charge in [0.25, 0.3) is 0 Å². The van der Waals surface area contributed by atoms with Gasteiger partial charge < -0.3 is 4.74 Å². The predicted octanol–water partition coefficient (Wildman–Crippen LogP) is 3.92. The molecule has 15 heavy (non-hydrogen) atoms. The molecule has 0 spiro atoms. The van der Waals surface area contributed by atoms with Crippen molar-refractivity contribution in [2.75, 3.05) is 7.11 Å². The van der Waals surface area contributed by atoms with Crippen LogP contribution >= 0.6 is 15.9 Å². The maximum absolute atomic E-state index is 12.6. The van der Waals surface area contributed by atoms with E-state index in [0.29, 0.717) is 16.5 Å². The van der Waals surface area contributed by atoms with Gasteiger partial charge in [-0.05, 0) is 24.1 Å². The monoisotopic (exact) mass is 282 g/mol. The number of hydrogen-bond acceptors (Lipinski definition) is 1. The SMILES string of the molecule is COc1c(C)cc(CBr)cc1C(F)(F)F. The normalized spacial score (nSPS) is 11.6. The van der Waals surface area contributed by atoms with Crippen LogP contribution in [0.15, 0.2) is 12.1 Å². The summed E-state index contributed by atoms with van der Waals surface area (Å²) >= 11 is 3.13. The molecule has 0 heterocycles. The highest BCUT2D eigenvalue weighted by molar-refractivity contribution is 9.08. The first-order valence-electron chi connectivity index (χ1n) is 4.20. The van der Waals surface area contributed by atoms with Crippen LogP contribution in [0.5, 0.6) is 5.75 Å². The van der Waals surface area contributed by atoms with E-state index in [1.54, 1.807) is 13.0 Å². The van der Waals surface area contributed by atoms with E-state index in [1.165, 1.54) is 7.11 Å². The average molecular weight is 283 g/mol. The van der Waals surface area contributed by atoms with Gasteiger partial charge in [-0.2, -0.15) is 13.2 Å². The summed E-state index contributed by atoms with van der Waals surface area (Å²) in [6.07, 6.45) is -4.38. The number of hydrogen-bond donors (Lipinski definition) is 0. The van der Waals surface area contributed by atoms with Crippen LogP contribution in [0.3, 0.4) is 0 Å². The van der Waals surface area contributed by atoms with Crippen LogP contribution in [0, 0.1) is 6.92 Å². The molecule has 0 radical (unpaired) electrons. The Morgan fingerprint density at radius 3 is 2.33 bits per heavy atom. The molecule has 1 nitrogen and oxygen atoms in total. The van der Waals surface area contributed by atoms with Gasteiger partial charge >= 0.3 is 6.18 Å². The molecule has 84 valence electrons. The van der Waals surface area contributed by atoms with E-state index in [4.69, 9.17) is 4.74 Å². The summed E-state index contributed by atoms with van der Waals surface area (Å²) in [7, 11) is 1.24. The average Bonchev–Trinajstić information content (AvgIpc) is 2.15. The molecule has 0 amide bonds. The molecule has 1 rings (SSSR count). The molecule has 5 heteroatoms. The largest absolute Gasteiger partial charge is 0.496 e. The van der Waals surface area contributed by atoms with Crippen molar-refractivity contribution in [2.24, 2.45) is 0 Å². The Kier molecular flexibility index (Phi) is 3.65. The Labute approximate surface area is 94.4 Å². The fraction of sp³-hybridized carbons (Fsp3) is 0.400. The summed E-state index contributed by atoms with van der Waals surface area (Å²) in [5, 5.41) is 0.390. The number of methoxy groups -OCH3 is 1. The van der Waals surface area contributed by atoms with Gasteiger partial charge in [-0.1, -0.05) is 22.0 Å². The van der Waals surface area contributed by atoms with Crippen molar-refractivity contribution in [3.05, 3.63) is 28.8 Å². The van der Waals surface area contributed by atoms with Crippen molar-refractivity contribution in [1.29, 1.82) is 0 Å². The zero-order valence-corrected chi connectivity index (χ0v) is 9.87. The first-order chi connectivity index (χ1) is 6.90. The molecule has 0 unspecified atom stereocenters. The number of alkyl halides is 4. The van der Waals surface area contributed by atoms with Crippen molar-refractivity contribution < 1.29 is 17.9 Å². The lowest BCUT2D eigenvalue weighted by Crippen LogP contribution is -2.09. The molecule has 0 atom stereocenters. The molecule has 0 aliphatic heterocycles. The lowest BCUT2D eigenvalue weighted by molar-refractivity contribution is -0.138. The minimum Gasteiger partial charge on any atom is -0.496 e. The number of ether oxygens (including phenoxy) is 1. The fourth-order valence-electron chi connectivity index (χ4n) is 1.41. The lowest BCUT2D eigenvalue weighted by Gasteiger charge is -2.15. The highest BCUT2D eigenvalue weighted by Crippen LogP contribution is 2.39. The number of rotatable bonds is 2. The van der Waals surface area contributed by atoms with Crippen LogP contribution in [-0.2, 0) is 11.5 Å². The zero-order valence-electron chi connectivity index (χ0n) is 8.28. The van der Waals surface area contributed by atoms with Gasteiger partial charge in [0.15, 0.2) is 0 Å². The van der Waals surface area contributed by atoms with E-state index in [1.807, 2.05) is 0 Å². The van der Waals surface area contributed by atoms with Crippen molar-refractivity contribution in [3.8, 4) is 5.75 Å². The zero-order chi connectivity index (χ0) is 11.6. The Morgan fingerprint density at radius 2 is 1.93 bits per heavy atom. The van der Waals surface area contributed by atoms with E-state index in [-0.39, 0.29) is 5.75 Å². The smallest absolute Gasteiger partial charge is 0.419 e. The number of aryl methyl sites for hydroxylation is 1. The van der Waals surface area contributed by atoms with Crippen molar-refractivity contribution in [1.82, 2.24) is 0 Å². The molecule has 0 saturated carbocycles. The number of halogens is 4. The van der Waals surface area contributed by atoms with Gasteiger partial charge in [0, 0.05) is 5.33 Å². The first kappa shape index (κ1) is 12.4. The van der Waals surface area contributed by atoms with Crippen LogP contribution < -0.4 is 4.74 Å². The molecule has 0 N–H and O–H groups in total. The summed E-state index contributed by atoms with van der Waals surface area (Å²) in [6, 6.07) is 2.77. The van der Waals surface area contributed by atoms with Gasteiger partial charge in [-0.15, -0.1) is 0 Å². The minimum atomic E-state index is -4.38. The second-order valence-corrected chi connectivity index (χ2v) is 3.69. The maximum Gasteiger partial charge on any atom is 0.419 e. The third-order valence-corrected chi connectivity index (χ3v) is 2.65. The van der Waals surface area contributed by atoms with Crippen LogP contribution in [0.4, 0.5) is 13.2 Å². The second-order valence-electron chi connectivity index (χ2n) is 3.12. The highest BCUT2D eigenvalue weighted by Gasteiger charge is 2.35.